The minimum atomic E-state index is -0.146. The molecule has 0 unspecified atom stereocenters. The molecule has 3 aliphatic rings. The van der Waals surface area contributed by atoms with Crippen LogP contribution in [0.25, 0.3) is 0 Å². The van der Waals surface area contributed by atoms with Gasteiger partial charge in [-0.2, -0.15) is 5.26 Å². The van der Waals surface area contributed by atoms with Gasteiger partial charge in [-0.3, -0.25) is 14.5 Å². The zero-order chi connectivity index (χ0) is 28.1. The van der Waals surface area contributed by atoms with Crippen molar-refractivity contribution in [2.24, 2.45) is 0 Å². The molecule has 0 aromatic heterocycles. The van der Waals surface area contributed by atoms with Crippen LogP contribution >= 0.6 is 0 Å². The third-order valence-corrected chi connectivity index (χ3v) is 7.62. The van der Waals surface area contributed by atoms with E-state index in [1.54, 1.807) is 19.2 Å². The number of anilines is 1. The second-order valence-corrected chi connectivity index (χ2v) is 10.2. The molecule has 0 radical (unpaired) electrons. The zero-order valence-corrected chi connectivity index (χ0v) is 23.0. The number of nitrogens with one attached hydrogen (secondary N) is 1. The monoisotopic (exact) mass is 538 g/mol. The van der Waals surface area contributed by atoms with Crippen LogP contribution in [-0.2, 0) is 11.2 Å². The van der Waals surface area contributed by atoms with Crippen LogP contribution in [0.4, 0.5) is 5.69 Å². The van der Waals surface area contributed by atoms with Gasteiger partial charge in [0.1, 0.15) is 17.3 Å². The molecule has 8 nitrogen and oxygen atoms in total. The highest BCUT2D eigenvalue weighted by molar-refractivity contribution is 5.98. The van der Waals surface area contributed by atoms with E-state index < -0.39 is 0 Å². The highest BCUT2D eigenvalue weighted by atomic mass is 16.5. The number of hydrogen-bond donors (Lipinski definition) is 1. The van der Waals surface area contributed by atoms with Crippen LogP contribution in [0.15, 0.2) is 71.5 Å². The molecule has 0 spiro atoms. The quantitative estimate of drug-likeness (QED) is 0.504. The number of allylic oxidation sites excluding steroid dienone is 4. The lowest BCUT2D eigenvalue weighted by Crippen LogP contribution is -2.47. The van der Waals surface area contributed by atoms with E-state index in [1.165, 1.54) is 0 Å². The highest BCUT2D eigenvalue weighted by Gasteiger charge is 2.24. The van der Waals surface area contributed by atoms with Gasteiger partial charge >= 0.3 is 0 Å². The highest BCUT2D eigenvalue weighted by Crippen LogP contribution is 2.34. The lowest BCUT2D eigenvalue weighted by Gasteiger charge is -2.36. The van der Waals surface area contributed by atoms with Crippen molar-refractivity contribution in [3.63, 3.8) is 0 Å². The van der Waals surface area contributed by atoms with Crippen LogP contribution in [-0.4, -0.2) is 63.0 Å². The first-order chi connectivity index (χ1) is 19.5. The Bertz CT molecular complexity index is 1440. The molecule has 1 saturated heterocycles. The number of carbonyl (C=O) groups excluding carboxylic acids is 2. The Morgan fingerprint density at radius 3 is 2.70 bits per heavy atom. The number of hydrogen-bond acceptors (Lipinski definition) is 7. The second kappa shape index (κ2) is 12.2. The van der Waals surface area contributed by atoms with Gasteiger partial charge < -0.3 is 19.7 Å². The molecule has 1 aliphatic carbocycles. The first-order valence-electron chi connectivity index (χ1n) is 13.7. The average molecular weight is 539 g/mol. The summed E-state index contributed by atoms with van der Waals surface area (Å²) in [6.45, 7) is 6.77. The summed E-state index contributed by atoms with van der Waals surface area (Å²) in [5.74, 6) is 2.03. The van der Waals surface area contributed by atoms with Crippen molar-refractivity contribution < 1.29 is 19.1 Å². The molecule has 2 aromatic carbocycles. The van der Waals surface area contributed by atoms with Gasteiger partial charge in [0.25, 0.3) is 5.91 Å². The normalized spacial score (nSPS) is 17.1. The number of methoxy groups -OCH3 is 1. The van der Waals surface area contributed by atoms with E-state index in [-0.39, 0.29) is 11.7 Å². The maximum Gasteiger partial charge on any atom is 0.255 e. The lowest BCUT2D eigenvalue weighted by molar-refractivity contribution is -0.114. The third kappa shape index (κ3) is 5.95. The SMILES string of the molecule is COc1ccc(C#N)cc1N1CCN(CCCNC(=O)c2cccc3c2OC(C2=CCC(=O)C(C)=C2)=CC3)CC1. The topological polar surface area (TPSA) is 94.9 Å². The van der Waals surface area contributed by atoms with E-state index >= 15 is 0 Å². The number of nitriles is 1. The van der Waals surface area contributed by atoms with Gasteiger partial charge in [-0.15, -0.1) is 0 Å². The van der Waals surface area contributed by atoms with Crippen molar-refractivity contribution in [2.45, 2.75) is 26.2 Å². The van der Waals surface area contributed by atoms with E-state index in [2.05, 4.69) is 21.2 Å². The van der Waals surface area contributed by atoms with Crippen LogP contribution in [0.1, 0.15) is 41.3 Å². The summed E-state index contributed by atoms with van der Waals surface area (Å²) >= 11 is 0. The average Bonchev–Trinajstić information content (AvgIpc) is 3.00. The molecule has 5 rings (SSSR count). The fourth-order valence-corrected chi connectivity index (χ4v) is 5.30. The van der Waals surface area contributed by atoms with Crippen LogP contribution in [0, 0.1) is 11.3 Å². The molecule has 1 N–H and O–H groups in total. The molecule has 2 aliphatic heterocycles. The number of ether oxygens (including phenoxy) is 2. The van der Waals surface area contributed by atoms with Gasteiger partial charge in [0.15, 0.2) is 5.78 Å². The fourth-order valence-electron chi connectivity index (χ4n) is 5.30. The molecule has 0 atom stereocenters. The Hall–Kier alpha value is -4.35. The summed E-state index contributed by atoms with van der Waals surface area (Å²) in [4.78, 5) is 29.6. The number of rotatable bonds is 8. The Kier molecular flexibility index (Phi) is 8.32. The van der Waals surface area contributed by atoms with Crippen molar-refractivity contribution in [1.29, 1.82) is 5.26 Å². The number of carbonyl (C=O) groups is 2. The number of para-hydroxylation sites is 1. The minimum Gasteiger partial charge on any atom is -0.495 e. The summed E-state index contributed by atoms with van der Waals surface area (Å²) in [6, 6.07) is 13.4. The largest absolute Gasteiger partial charge is 0.495 e. The number of ketones is 1. The predicted octanol–water partition coefficient (Wildman–Crippen LogP) is 4.17. The summed E-state index contributed by atoms with van der Waals surface area (Å²) in [7, 11) is 1.65. The van der Waals surface area contributed by atoms with Crippen LogP contribution in [0.3, 0.4) is 0 Å². The van der Waals surface area contributed by atoms with E-state index in [0.717, 1.165) is 61.7 Å². The fraction of sp³-hybridized carbons (Fsp3) is 0.344. The van der Waals surface area contributed by atoms with E-state index in [4.69, 9.17) is 9.47 Å². The van der Waals surface area contributed by atoms with Crippen LogP contribution in [0.2, 0.25) is 0 Å². The summed E-state index contributed by atoms with van der Waals surface area (Å²) in [6.07, 6.45) is 7.61. The maximum atomic E-state index is 13.1. The second-order valence-electron chi connectivity index (χ2n) is 10.2. The maximum absolute atomic E-state index is 13.1. The number of nitrogens with zero attached hydrogens (tertiary/aromatic N) is 3. The zero-order valence-electron chi connectivity index (χ0n) is 23.0. The van der Waals surface area contributed by atoms with Gasteiger partial charge in [-0.25, -0.2) is 0 Å². The molecule has 2 aromatic rings. The molecule has 8 heteroatoms. The summed E-state index contributed by atoms with van der Waals surface area (Å²) < 4.78 is 11.7. The Morgan fingerprint density at radius 1 is 1.12 bits per heavy atom. The molecule has 1 fully saturated rings. The van der Waals surface area contributed by atoms with Gasteiger partial charge in [0.05, 0.1) is 30.0 Å². The first kappa shape index (κ1) is 27.2. The Morgan fingerprint density at radius 2 is 1.95 bits per heavy atom. The molecule has 0 saturated carbocycles. The minimum absolute atomic E-state index is 0.119. The molecular weight excluding hydrogens is 504 g/mol. The van der Waals surface area contributed by atoms with Crippen molar-refractivity contribution in [1.82, 2.24) is 10.2 Å². The number of benzene rings is 2. The van der Waals surface area contributed by atoms with E-state index in [9.17, 15) is 14.9 Å². The third-order valence-electron chi connectivity index (χ3n) is 7.62. The molecule has 1 amide bonds. The van der Waals surface area contributed by atoms with Crippen LogP contribution in [0.5, 0.6) is 11.5 Å². The Balaban J connectivity index is 1.11. The number of piperazine rings is 1. The lowest BCUT2D eigenvalue weighted by atomic mass is 9.95. The van der Waals surface area contributed by atoms with Crippen molar-refractivity contribution >= 4 is 17.4 Å². The standard InChI is InChI=1S/C32H34N4O4/c1-22-19-25(8-10-28(22)37)29-12-9-24-5-3-6-26(31(24)40-29)32(38)34-13-4-14-35-15-17-36(18-16-35)27-20-23(21-33)7-11-30(27)39-2/h3,5-8,11-12,19-20H,4,9-10,13-18H2,1-2H3,(H,34,38). The Labute approximate surface area is 235 Å². The first-order valence-corrected chi connectivity index (χ1v) is 13.7. The summed E-state index contributed by atoms with van der Waals surface area (Å²) in [5.41, 5.74) is 4.68. The van der Waals surface area contributed by atoms with Gasteiger partial charge in [0, 0.05) is 44.7 Å². The molecular formula is C32H34N4O4. The number of amides is 1. The number of Topliss-reactive ketones (excluding diaryl/α,β-unsaturated/α-hetero) is 1. The van der Waals surface area contributed by atoms with Crippen molar-refractivity contribution in [3.8, 4) is 17.6 Å². The van der Waals surface area contributed by atoms with Crippen molar-refractivity contribution in [3.05, 3.63) is 88.2 Å². The van der Waals surface area contributed by atoms with Crippen molar-refractivity contribution in [2.75, 3.05) is 51.3 Å². The predicted molar refractivity (Wildman–Crippen MR) is 154 cm³/mol. The summed E-state index contributed by atoms with van der Waals surface area (Å²) in [5, 5.41) is 12.3. The smallest absolute Gasteiger partial charge is 0.255 e. The van der Waals surface area contributed by atoms with Gasteiger partial charge in [-0.1, -0.05) is 18.2 Å². The molecule has 2 heterocycles. The van der Waals surface area contributed by atoms with E-state index in [1.807, 2.05) is 49.4 Å². The molecule has 40 heavy (non-hydrogen) atoms. The van der Waals surface area contributed by atoms with Gasteiger partial charge in [0.2, 0.25) is 0 Å². The number of fused-ring (bicyclic) bond motifs is 1. The van der Waals surface area contributed by atoms with Gasteiger partial charge in [-0.05, 0) is 73.9 Å². The van der Waals surface area contributed by atoms with E-state index in [0.29, 0.717) is 47.6 Å². The molecule has 0 bridgehead atoms. The van der Waals surface area contributed by atoms with Crippen LogP contribution < -0.4 is 19.7 Å². The molecule has 206 valence electrons.